The molecule has 0 unspecified atom stereocenters. The number of nitrogens with zero attached hydrogens (tertiary/aromatic N) is 1. The van der Waals surface area contributed by atoms with Crippen LogP contribution in [0.15, 0.2) is 45.6 Å². The number of benzene rings is 1. The van der Waals surface area contributed by atoms with E-state index in [1.54, 1.807) is 34.8 Å². The molecule has 0 atom stereocenters. The largest absolute Gasteiger partial charge is 0.306 e. The van der Waals surface area contributed by atoms with Gasteiger partial charge in [0, 0.05) is 28.9 Å². The van der Waals surface area contributed by atoms with E-state index in [0.717, 1.165) is 33.1 Å². The minimum absolute atomic E-state index is 0.223. The molecule has 0 saturated heterocycles. The summed E-state index contributed by atoms with van der Waals surface area (Å²) < 4.78 is 14.1. The zero-order valence-electron chi connectivity index (χ0n) is 11.0. The van der Waals surface area contributed by atoms with Gasteiger partial charge in [-0.25, -0.2) is 9.37 Å². The number of thiophene rings is 1. The van der Waals surface area contributed by atoms with E-state index in [1.165, 1.54) is 17.0 Å². The molecule has 0 aliphatic rings. The predicted molar refractivity (Wildman–Crippen MR) is 90.1 cm³/mol. The number of nitrogens with one attached hydrogen (secondary N) is 1. The highest BCUT2D eigenvalue weighted by Crippen LogP contribution is 2.24. The molecular weight excluding hydrogens is 371 g/mol. The van der Waals surface area contributed by atoms with Crippen LogP contribution in [0.1, 0.15) is 10.6 Å². The maximum atomic E-state index is 12.9. The van der Waals surface area contributed by atoms with Crippen LogP contribution in [0.2, 0.25) is 0 Å². The van der Waals surface area contributed by atoms with Crippen LogP contribution in [-0.2, 0) is 13.1 Å². The van der Waals surface area contributed by atoms with Gasteiger partial charge in [-0.2, -0.15) is 0 Å². The van der Waals surface area contributed by atoms with Crippen molar-refractivity contribution in [3.05, 3.63) is 62.0 Å². The number of halogens is 2. The van der Waals surface area contributed by atoms with Gasteiger partial charge >= 0.3 is 0 Å². The molecule has 6 heteroatoms. The van der Waals surface area contributed by atoms with Crippen molar-refractivity contribution in [1.82, 2.24) is 10.3 Å². The first-order valence-electron chi connectivity index (χ1n) is 6.36. The molecule has 0 fully saturated rings. The Bertz CT molecular complexity index is 721. The van der Waals surface area contributed by atoms with Crippen LogP contribution in [-0.4, -0.2) is 4.98 Å². The van der Waals surface area contributed by atoms with Gasteiger partial charge in [0.25, 0.3) is 0 Å². The lowest BCUT2D eigenvalue weighted by molar-refractivity contribution is 0.628. The summed E-state index contributed by atoms with van der Waals surface area (Å²) in [6.45, 7) is 1.56. The van der Waals surface area contributed by atoms with E-state index in [-0.39, 0.29) is 5.82 Å². The third-order valence-electron chi connectivity index (χ3n) is 2.88. The number of hydrogen-bond donors (Lipinski definition) is 1. The van der Waals surface area contributed by atoms with Gasteiger partial charge in [0.2, 0.25) is 0 Å². The Kier molecular flexibility index (Phi) is 4.80. The van der Waals surface area contributed by atoms with Crippen molar-refractivity contribution in [3.63, 3.8) is 0 Å². The van der Waals surface area contributed by atoms with E-state index < -0.39 is 0 Å². The summed E-state index contributed by atoms with van der Waals surface area (Å²) in [6.07, 6.45) is 0. The Morgan fingerprint density at radius 1 is 1.10 bits per heavy atom. The fourth-order valence-corrected chi connectivity index (χ4v) is 4.15. The molecule has 108 valence electrons. The lowest BCUT2D eigenvalue weighted by Crippen LogP contribution is -2.11. The number of aromatic nitrogens is 1. The lowest BCUT2D eigenvalue weighted by Gasteiger charge is -2.00. The summed E-state index contributed by atoms with van der Waals surface area (Å²) in [4.78, 5) is 5.86. The second kappa shape index (κ2) is 6.79. The Hall–Kier alpha value is -1.08. The minimum Gasteiger partial charge on any atom is -0.306 e. The van der Waals surface area contributed by atoms with Gasteiger partial charge in [0.05, 0.1) is 9.48 Å². The minimum atomic E-state index is -0.223. The fourth-order valence-electron chi connectivity index (χ4n) is 1.87. The molecule has 0 spiro atoms. The second-order valence-electron chi connectivity index (χ2n) is 4.46. The highest BCUT2D eigenvalue weighted by Gasteiger charge is 2.05. The molecule has 0 aliphatic carbocycles. The normalized spacial score (nSPS) is 11.0. The van der Waals surface area contributed by atoms with Crippen LogP contribution < -0.4 is 5.32 Å². The summed E-state index contributed by atoms with van der Waals surface area (Å²) >= 11 is 6.76. The van der Waals surface area contributed by atoms with Crippen LogP contribution in [0.3, 0.4) is 0 Å². The molecule has 2 aromatic heterocycles. The fraction of sp³-hybridized carbons (Fsp3) is 0.133. The van der Waals surface area contributed by atoms with Gasteiger partial charge in [-0.3, -0.25) is 0 Å². The van der Waals surface area contributed by atoms with Crippen molar-refractivity contribution >= 4 is 38.6 Å². The van der Waals surface area contributed by atoms with E-state index in [1.807, 2.05) is 5.38 Å². The molecular formula is C15H12BrFN2S2. The quantitative estimate of drug-likeness (QED) is 0.666. The van der Waals surface area contributed by atoms with Gasteiger partial charge in [-0.05, 0) is 52.3 Å². The molecule has 0 saturated carbocycles. The van der Waals surface area contributed by atoms with Crippen molar-refractivity contribution in [3.8, 4) is 10.6 Å². The molecule has 2 heterocycles. The van der Waals surface area contributed by atoms with Gasteiger partial charge < -0.3 is 5.32 Å². The number of hydrogen-bond acceptors (Lipinski definition) is 4. The topological polar surface area (TPSA) is 24.9 Å². The summed E-state index contributed by atoms with van der Waals surface area (Å²) in [5.41, 5.74) is 1.96. The third kappa shape index (κ3) is 3.97. The molecule has 2 nitrogen and oxygen atoms in total. The molecule has 0 bridgehead atoms. The summed E-state index contributed by atoms with van der Waals surface area (Å²) in [7, 11) is 0. The van der Waals surface area contributed by atoms with E-state index in [2.05, 4.69) is 38.4 Å². The number of thiazole rings is 1. The third-order valence-corrected chi connectivity index (χ3v) is 5.44. The molecule has 0 radical (unpaired) electrons. The molecule has 0 amide bonds. The maximum absolute atomic E-state index is 12.9. The van der Waals surface area contributed by atoms with E-state index in [0.29, 0.717) is 0 Å². The summed E-state index contributed by atoms with van der Waals surface area (Å²) in [5, 5.41) is 6.34. The first kappa shape index (κ1) is 14.8. The van der Waals surface area contributed by atoms with Crippen LogP contribution in [0.4, 0.5) is 4.39 Å². The Morgan fingerprint density at radius 3 is 2.62 bits per heavy atom. The van der Waals surface area contributed by atoms with E-state index in [9.17, 15) is 4.39 Å². The van der Waals surface area contributed by atoms with Crippen LogP contribution in [0, 0.1) is 5.82 Å². The monoisotopic (exact) mass is 382 g/mol. The van der Waals surface area contributed by atoms with Crippen molar-refractivity contribution in [2.45, 2.75) is 13.1 Å². The Morgan fingerprint density at radius 2 is 1.90 bits per heavy atom. The zero-order valence-corrected chi connectivity index (χ0v) is 14.2. The van der Waals surface area contributed by atoms with Gasteiger partial charge in [-0.15, -0.1) is 22.7 Å². The molecule has 0 aliphatic heterocycles. The Labute approximate surface area is 138 Å². The van der Waals surface area contributed by atoms with Gasteiger partial charge in [0.15, 0.2) is 0 Å². The SMILES string of the molecule is Fc1ccc(-c2nc(CNCc3ccc(Br)s3)cs2)cc1. The van der Waals surface area contributed by atoms with Crippen LogP contribution in [0.5, 0.6) is 0 Å². The van der Waals surface area contributed by atoms with Crippen molar-refractivity contribution in [2.24, 2.45) is 0 Å². The van der Waals surface area contributed by atoms with Crippen molar-refractivity contribution in [2.75, 3.05) is 0 Å². The first-order chi connectivity index (χ1) is 10.2. The predicted octanol–water partition coefficient (Wildman–Crippen LogP) is 5.06. The average Bonchev–Trinajstić information content (AvgIpc) is 3.09. The van der Waals surface area contributed by atoms with Gasteiger partial charge in [0.1, 0.15) is 10.8 Å². The highest BCUT2D eigenvalue weighted by atomic mass is 79.9. The molecule has 3 rings (SSSR count). The van der Waals surface area contributed by atoms with Crippen molar-refractivity contribution < 1.29 is 4.39 Å². The first-order valence-corrected chi connectivity index (χ1v) is 8.85. The zero-order chi connectivity index (χ0) is 14.7. The Balaban J connectivity index is 1.59. The maximum Gasteiger partial charge on any atom is 0.123 e. The molecule has 21 heavy (non-hydrogen) atoms. The smallest absolute Gasteiger partial charge is 0.123 e. The lowest BCUT2D eigenvalue weighted by atomic mass is 10.2. The number of rotatable bonds is 5. The average molecular weight is 383 g/mol. The molecule has 1 aromatic carbocycles. The molecule has 1 N–H and O–H groups in total. The highest BCUT2D eigenvalue weighted by molar-refractivity contribution is 9.11. The second-order valence-corrected chi connectivity index (χ2v) is 7.87. The summed E-state index contributed by atoms with van der Waals surface area (Å²) in [5.74, 6) is -0.223. The van der Waals surface area contributed by atoms with Crippen LogP contribution >= 0.6 is 38.6 Å². The van der Waals surface area contributed by atoms with Crippen molar-refractivity contribution in [1.29, 1.82) is 0 Å². The summed E-state index contributed by atoms with van der Waals surface area (Å²) in [6, 6.07) is 10.6. The van der Waals surface area contributed by atoms with E-state index in [4.69, 9.17) is 0 Å². The standard InChI is InChI=1S/C15H12BrFN2S2/c16-14-6-5-13(21-14)8-18-7-12-9-20-15(19-12)10-1-3-11(17)4-2-10/h1-6,9,18H,7-8H2. The van der Waals surface area contributed by atoms with E-state index >= 15 is 0 Å². The van der Waals surface area contributed by atoms with Gasteiger partial charge in [-0.1, -0.05) is 0 Å². The van der Waals surface area contributed by atoms with Crippen LogP contribution in [0.25, 0.3) is 10.6 Å². The molecule has 3 aromatic rings.